The molecule has 0 fully saturated rings. The van der Waals surface area contributed by atoms with Crippen LogP contribution in [0.2, 0.25) is 0 Å². The lowest BCUT2D eigenvalue weighted by atomic mass is 10.1. The second kappa shape index (κ2) is 6.04. The lowest BCUT2D eigenvalue weighted by Gasteiger charge is -2.13. The van der Waals surface area contributed by atoms with Crippen LogP contribution >= 0.6 is 0 Å². The van der Waals surface area contributed by atoms with Crippen molar-refractivity contribution in [1.29, 1.82) is 0 Å². The Balaban J connectivity index is 2.20. The molecule has 0 aliphatic rings. The van der Waals surface area contributed by atoms with Crippen LogP contribution in [0.3, 0.4) is 0 Å². The van der Waals surface area contributed by atoms with Crippen LogP contribution in [-0.4, -0.2) is 28.9 Å². The first-order valence-electron chi connectivity index (χ1n) is 6.28. The summed E-state index contributed by atoms with van der Waals surface area (Å²) in [5.74, 6) is -2.65. The molecule has 0 saturated heterocycles. The Morgan fingerprint density at radius 3 is 2.38 bits per heavy atom. The summed E-state index contributed by atoms with van der Waals surface area (Å²) >= 11 is 0. The zero-order valence-corrected chi connectivity index (χ0v) is 11.1. The summed E-state index contributed by atoms with van der Waals surface area (Å²) in [5, 5.41) is 13.1. The number of nitrogens with two attached hydrogens (primary N) is 1. The van der Waals surface area contributed by atoms with Gasteiger partial charge < -0.3 is 16.2 Å². The van der Waals surface area contributed by atoms with Crippen molar-refractivity contribution in [2.75, 3.05) is 0 Å². The van der Waals surface area contributed by atoms with E-state index < -0.39 is 30.2 Å². The number of carbonyl (C=O) groups is 3. The van der Waals surface area contributed by atoms with Gasteiger partial charge in [0, 0.05) is 5.56 Å². The Morgan fingerprint density at radius 1 is 1.10 bits per heavy atom. The van der Waals surface area contributed by atoms with Crippen molar-refractivity contribution < 1.29 is 19.5 Å². The molecular weight excluding hydrogens is 272 g/mol. The summed E-state index contributed by atoms with van der Waals surface area (Å²) in [6.07, 6.45) is -0.450. The molecule has 0 unspecified atom stereocenters. The molecule has 21 heavy (non-hydrogen) atoms. The number of carbonyl (C=O) groups excluding carboxylic acids is 2. The molecule has 108 valence electrons. The van der Waals surface area contributed by atoms with E-state index in [1.165, 1.54) is 0 Å². The first-order valence-corrected chi connectivity index (χ1v) is 6.28. The Labute approximate surface area is 120 Å². The summed E-state index contributed by atoms with van der Waals surface area (Å²) in [5.41, 5.74) is 5.29. The number of carboxylic acids is 1. The topological polar surface area (TPSA) is 109 Å². The van der Waals surface area contributed by atoms with Crippen LogP contribution < -0.4 is 11.1 Å². The van der Waals surface area contributed by atoms with Gasteiger partial charge in [-0.15, -0.1) is 0 Å². The van der Waals surface area contributed by atoms with Gasteiger partial charge in [-0.05, 0) is 22.9 Å². The Bertz CT molecular complexity index is 712. The monoisotopic (exact) mass is 286 g/mol. The van der Waals surface area contributed by atoms with Crippen LogP contribution in [0.5, 0.6) is 0 Å². The maximum Gasteiger partial charge on any atom is 0.326 e. The minimum atomic E-state index is -1.33. The van der Waals surface area contributed by atoms with Gasteiger partial charge in [-0.25, -0.2) is 4.79 Å². The van der Waals surface area contributed by atoms with Gasteiger partial charge in [0.15, 0.2) is 0 Å². The van der Waals surface area contributed by atoms with Crippen molar-refractivity contribution in [3.05, 3.63) is 48.0 Å². The molecule has 2 aromatic rings. The third-order valence-corrected chi connectivity index (χ3v) is 3.02. The molecule has 2 aromatic carbocycles. The molecule has 0 heterocycles. The third-order valence-electron chi connectivity index (χ3n) is 3.02. The SMILES string of the molecule is NC(=O)C[C@@H](NC(=O)c1ccc2ccccc2c1)C(=O)O. The minimum absolute atomic E-state index is 0.324. The Kier molecular flexibility index (Phi) is 4.18. The molecule has 0 aromatic heterocycles. The van der Waals surface area contributed by atoms with E-state index in [2.05, 4.69) is 5.32 Å². The number of amides is 2. The van der Waals surface area contributed by atoms with Gasteiger partial charge in [0.05, 0.1) is 6.42 Å². The van der Waals surface area contributed by atoms with Crippen molar-refractivity contribution in [3.63, 3.8) is 0 Å². The minimum Gasteiger partial charge on any atom is -0.480 e. The molecule has 0 aliphatic heterocycles. The normalized spacial score (nSPS) is 11.8. The van der Waals surface area contributed by atoms with Gasteiger partial charge >= 0.3 is 5.97 Å². The van der Waals surface area contributed by atoms with Crippen LogP contribution in [0, 0.1) is 0 Å². The summed E-state index contributed by atoms with van der Waals surface area (Å²) in [7, 11) is 0. The zero-order valence-electron chi connectivity index (χ0n) is 11.1. The molecule has 1 atom stereocenters. The van der Waals surface area contributed by atoms with Crippen LogP contribution in [0.25, 0.3) is 10.8 Å². The molecule has 2 amide bonds. The highest BCUT2D eigenvalue weighted by Crippen LogP contribution is 2.15. The van der Waals surface area contributed by atoms with E-state index in [1.807, 2.05) is 24.3 Å². The predicted octanol–water partition coefficient (Wildman–Crippen LogP) is 0.898. The van der Waals surface area contributed by atoms with Crippen molar-refractivity contribution in [2.24, 2.45) is 5.73 Å². The average molecular weight is 286 g/mol. The summed E-state index contributed by atoms with van der Waals surface area (Å²) in [6, 6.07) is 11.2. The first kappa shape index (κ1) is 14.5. The number of hydrogen-bond acceptors (Lipinski definition) is 3. The Hall–Kier alpha value is -2.89. The van der Waals surface area contributed by atoms with E-state index in [0.717, 1.165) is 10.8 Å². The highest BCUT2D eigenvalue weighted by molar-refractivity contribution is 6.00. The van der Waals surface area contributed by atoms with Gasteiger partial charge in [-0.3, -0.25) is 9.59 Å². The quantitative estimate of drug-likeness (QED) is 0.758. The standard InChI is InChI=1S/C15H14N2O4/c16-13(18)8-12(15(20)21)17-14(19)11-6-5-9-3-1-2-4-10(9)7-11/h1-7,12H,8H2,(H2,16,18)(H,17,19)(H,20,21)/t12-/m1/s1. The summed E-state index contributed by atoms with van der Waals surface area (Å²) in [4.78, 5) is 33.9. The van der Waals surface area contributed by atoms with Crippen LogP contribution in [0.4, 0.5) is 0 Å². The van der Waals surface area contributed by atoms with Gasteiger partial charge in [0.2, 0.25) is 5.91 Å². The molecule has 0 bridgehead atoms. The number of benzene rings is 2. The molecule has 6 nitrogen and oxygen atoms in total. The fourth-order valence-corrected chi connectivity index (χ4v) is 1.97. The van der Waals surface area contributed by atoms with Gasteiger partial charge in [0.1, 0.15) is 6.04 Å². The lowest BCUT2D eigenvalue weighted by Crippen LogP contribution is -2.43. The van der Waals surface area contributed by atoms with Crippen molar-refractivity contribution in [1.82, 2.24) is 5.32 Å². The molecule has 0 saturated carbocycles. The number of hydrogen-bond donors (Lipinski definition) is 3. The number of aliphatic carboxylic acids is 1. The molecule has 0 radical (unpaired) electrons. The van der Waals surface area contributed by atoms with Crippen LogP contribution in [0.1, 0.15) is 16.8 Å². The fraction of sp³-hybridized carbons (Fsp3) is 0.133. The summed E-state index contributed by atoms with van der Waals surface area (Å²) in [6.45, 7) is 0. The number of rotatable bonds is 5. The van der Waals surface area contributed by atoms with E-state index >= 15 is 0 Å². The maximum absolute atomic E-state index is 12.1. The molecule has 4 N–H and O–H groups in total. The van der Waals surface area contributed by atoms with Crippen molar-refractivity contribution in [2.45, 2.75) is 12.5 Å². The molecule has 6 heteroatoms. The van der Waals surface area contributed by atoms with Crippen LogP contribution in [0.15, 0.2) is 42.5 Å². The second-order valence-electron chi connectivity index (χ2n) is 4.60. The maximum atomic E-state index is 12.1. The van der Waals surface area contributed by atoms with E-state index in [-0.39, 0.29) is 0 Å². The first-order chi connectivity index (χ1) is 9.97. The molecule has 0 aliphatic carbocycles. The zero-order chi connectivity index (χ0) is 15.4. The van der Waals surface area contributed by atoms with Crippen molar-refractivity contribution >= 4 is 28.6 Å². The molecule has 2 rings (SSSR count). The van der Waals surface area contributed by atoms with Crippen LogP contribution in [-0.2, 0) is 9.59 Å². The van der Waals surface area contributed by atoms with Gasteiger partial charge in [0.25, 0.3) is 5.91 Å². The number of carboxylic acid groups (broad SMARTS) is 1. The van der Waals surface area contributed by atoms with E-state index in [9.17, 15) is 14.4 Å². The highest BCUT2D eigenvalue weighted by atomic mass is 16.4. The summed E-state index contributed by atoms with van der Waals surface area (Å²) < 4.78 is 0. The van der Waals surface area contributed by atoms with Crippen molar-refractivity contribution in [3.8, 4) is 0 Å². The van der Waals surface area contributed by atoms with E-state index in [4.69, 9.17) is 10.8 Å². The predicted molar refractivity (Wildman–Crippen MR) is 76.6 cm³/mol. The smallest absolute Gasteiger partial charge is 0.326 e. The average Bonchev–Trinajstić information content (AvgIpc) is 2.45. The van der Waals surface area contributed by atoms with E-state index in [1.54, 1.807) is 18.2 Å². The van der Waals surface area contributed by atoms with E-state index in [0.29, 0.717) is 5.56 Å². The number of primary amides is 1. The largest absolute Gasteiger partial charge is 0.480 e. The second-order valence-corrected chi connectivity index (χ2v) is 4.60. The molecule has 0 spiro atoms. The van der Waals surface area contributed by atoms with Gasteiger partial charge in [-0.1, -0.05) is 30.3 Å². The highest BCUT2D eigenvalue weighted by Gasteiger charge is 2.22. The lowest BCUT2D eigenvalue weighted by molar-refractivity contribution is -0.140. The number of nitrogens with one attached hydrogen (secondary N) is 1. The van der Waals surface area contributed by atoms with Gasteiger partial charge in [-0.2, -0.15) is 0 Å². The molecular formula is C15H14N2O4. The Morgan fingerprint density at radius 2 is 1.76 bits per heavy atom. The fourth-order valence-electron chi connectivity index (χ4n) is 1.97. The third kappa shape index (κ3) is 3.56. The number of fused-ring (bicyclic) bond motifs is 1.